The molecule has 5 heteroatoms. The molecule has 0 saturated carbocycles. The van der Waals surface area contributed by atoms with Crippen LogP contribution in [0.25, 0.3) is 0 Å². The number of hydrogen-bond acceptors (Lipinski definition) is 3. The summed E-state index contributed by atoms with van der Waals surface area (Å²) in [6.45, 7) is 0.912. The van der Waals surface area contributed by atoms with Gasteiger partial charge in [-0.3, -0.25) is 9.59 Å². The van der Waals surface area contributed by atoms with Gasteiger partial charge >= 0.3 is 5.97 Å². The molecule has 1 heterocycles. The summed E-state index contributed by atoms with van der Waals surface area (Å²) in [5.74, 6) is -0.699. The highest BCUT2D eigenvalue weighted by Gasteiger charge is 2.28. The Hall–Kier alpha value is -2.04. The maximum absolute atomic E-state index is 12.3. The van der Waals surface area contributed by atoms with Crippen molar-refractivity contribution < 1.29 is 19.4 Å². The number of carboxylic acid groups (broad SMARTS) is 1. The van der Waals surface area contributed by atoms with Crippen molar-refractivity contribution in [3.8, 4) is 5.75 Å². The van der Waals surface area contributed by atoms with Gasteiger partial charge in [-0.05, 0) is 37.1 Å². The van der Waals surface area contributed by atoms with Crippen LogP contribution in [-0.2, 0) is 4.79 Å². The molecular formula is C14H17NO4. The first-order valence-electron chi connectivity index (χ1n) is 6.28. The number of aliphatic carboxylic acids is 1. The third kappa shape index (κ3) is 3.05. The molecular weight excluding hydrogens is 246 g/mol. The minimum absolute atomic E-state index is 0.117. The van der Waals surface area contributed by atoms with Crippen LogP contribution in [0.1, 0.15) is 23.2 Å². The van der Waals surface area contributed by atoms with Gasteiger partial charge in [0.05, 0.1) is 13.0 Å². The number of nitrogens with zero attached hydrogens (tertiary/aromatic N) is 1. The number of carbonyl (C=O) groups is 2. The average Bonchev–Trinajstić information content (AvgIpc) is 2.46. The van der Waals surface area contributed by atoms with Gasteiger partial charge in [0.1, 0.15) is 5.75 Å². The van der Waals surface area contributed by atoms with Crippen LogP contribution in [0.5, 0.6) is 5.75 Å². The van der Waals surface area contributed by atoms with Crippen LogP contribution >= 0.6 is 0 Å². The number of hydrogen-bond donors (Lipinski definition) is 1. The van der Waals surface area contributed by atoms with Crippen LogP contribution in [-0.4, -0.2) is 42.1 Å². The largest absolute Gasteiger partial charge is 0.497 e. The normalized spacial score (nSPS) is 19.0. The smallest absolute Gasteiger partial charge is 0.308 e. The van der Waals surface area contributed by atoms with Crippen LogP contribution in [0.4, 0.5) is 0 Å². The lowest BCUT2D eigenvalue weighted by atomic mass is 9.97. The summed E-state index contributed by atoms with van der Waals surface area (Å²) in [4.78, 5) is 24.9. The van der Waals surface area contributed by atoms with Gasteiger partial charge in [0, 0.05) is 18.7 Å². The Morgan fingerprint density at radius 3 is 2.58 bits per heavy atom. The number of methoxy groups -OCH3 is 1. The molecule has 102 valence electrons. The summed E-state index contributed by atoms with van der Waals surface area (Å²) in [7, 11) is 1.57. The number of rotatable bonds is 3. The summed E-state index contributed by atoms with van der Waals surface area (Å²) in [6, 6.07) is 6.86. The lowest BCUT2D eigenvalue weighted by Crippen LogP contribution is -2.42. The Morgan fingerprint density at radius 2 is 2.00 bits per heavy atom. The highest BCUT2D eigenvalue weighted by molar-refractivity contribution is 5.94. The van der Waals surface area contributed by atoms with Crippen molar-refractivity contribution in [3.05, 3.63) is 29.8 Å². The molecule has 0 aliphatic carbocycles. The van der Waals surface area contributed by atoms with Gasteiger partial charge < -0.3 is 14.7 Å². The first-order chi connectivity index (χ1) is 9.11. The topological polar surface area (TPSA) is 66.8 Å². The molecule has 1 atom stereocenters. The lowest BCUT2D eigenvalue weighted by molar-refractivity contribution is -0.143. The number of ether oxygens (including phenoxy) is 1. The monoisotopic (exact) mass is 263 g/mol. The standard InChI is InChI=1S/C14H17NO4/c1-19-12-6-4-10(5-7-12)13(16)15-8-2-3-11(9-15)14(17)18/h4-7,11H,2-3,8-9H2,1H3,(H,17,18)/t11-/m0/s1. The molecule has 0 spiro atoms. The zero-order valence-corrected chi connectivity index (χ0v) is 10.8. The zero-order valence-electron chi connectivity index (χ0n) is 10.8. The molecule has 0 radical (unpaired) electrons. The molecule has 19 heavy (non-hydrogen) atoms. The third-order valence-electron chi connectivity index (χ3n) is 3.39. The third-order valence-corrected chi connectivity index (χ3v) is 3.39. The fourth-order valence-corrected chi connectivity index (χ4v) is 2.28. The lowest BCUT2D eigenvalue weighted by Gasteiger charge is -2.30. The van der Waals surface area contributed by atoms with Gasteiger partial charge in [-0.1, -0.05) is 0 Å². The molecule has 1 fully saturated rings. The second kappa shape index (κ2) is 5.73. The summed E-state index contributed by atoms with van der Waals surface area (Å²) >= 11 is 0. The Morgan fingerprint density at radius 1 is 1.32 bits per heavy atom. The molecule has 5 nitrogen and oxygen atoms in total. The van der Waals surface area contributed by atoms with E-state index in [0.717, 1.165) is 6.42 Å². The molecule has 1 saturated heterocycles. The summed E-state index contributed by atoms with van der Waals surface area (Å²) in [6.07, 6.45) is 1.38. The van der Waals surface area contributed by atoms with Crippen molar-refractivity contribution in [1.82, 2.24) is 4.90 Å². The number of amides is 1. The first kappa shape index (κ1) is 13.4. The minimum Gasteiger partial charge on any atom is -0.497 e. The minimum atomic E-state index is -0.827. The van der Waals surface area contributed by atoms with Crippen molar-refractivity contribution in [3.63, 3.8) is 0 Å². The van der Waals surface area contributed by atoms with Gasteiger partial charge in [-0.25, -0.2) is 0 Å². The molecule has 1 amide bonds. The van der Waals surface area contributed by atoms with Crippen LogP contribution in [0.2, 0.25) is 0 Å². The summed E-state index contributed by atoms with van der Waals surface area (Å²) < 4.78 is 5.04. The fraction of sp³-hybridized carbons (Fsp3) is 0.429. The van der Waals surface area contributed by atoms with E-state index in [-0.39, 0.29) is 5.91 Å². The van der Waals surface area contributed by atoms with E-state index in [9.17, 15) is 9.59 Å². The Bertz CT molecular complexity index is 469. The van der Waals surface area contributed by atoms with E-state index < -0.39 is 11.9 Å². The van der Waals surface area contributed by atoms with Crippen molar-refractivity contribution in [2.24, 2.45) is 5.92 Å². The van der Waals surface area contributed by atoms with E-state index in [0.29, 0.717) is 30.8 Å². The van der Waals surface area contributed by atoms with Gasteiger partial charge in [0.2, 0.25) is 0 Å². The molecule has 1 aromatic rings. The molecule has 1 aliphatic heterocycles. The zero-order chi connectivity index (χ0) is 13.8. The fourth-order valence-electron chi connectivity index (χ4n) is 2.28. The molecule has 1 N–H and O–H groups in total. The molecule has 0 aromatic heterocycles. The van der Waals surface area contributed by atoms with Crippen molar-refractivity contribution >= 4 is 11.9 Å². The van der Waals surface area contributed by atoms with Gasteiger partial charge in [-0.15, -0.1) is 0 Å². The maximum Gasteiger partial charge on any atom is 0.308 e. The first-order valence-corrected chi connectivity index (χ1v) is 6.28. The molecule has 1 aromatic carbocycles. The van der Waals surface area contributed by atoms with Gasteiger partial charge in [-0.2, -0.15) is 0 Å². The predicted octanol–water partition coefficient (Wildman–Crippen LogP) is 1.63. The highest BCUT2D eigenvalue weighted by Crippen LogP contribution is 2.20. The van der Waals surface area contributed by atoms with Crippen LogP contribution in [0.3, 0.4) is 0 Å². The number of carboxylic acids is 1. The second-order valence-corrected chi connectivity index (χ2v) is 4.66. The van der Waals surface area contributed by atoms with E-state index in [1.165, 1.54) is 0 Å². The SMILES string of the molecule is COc1ccc(C(=O)N2CCC[C@H](C(=O)O)C2)cc1. The molecule has 2 rings (SSSR count). The van der Waals surface area contributed by atoms with Crippen molar-refractivity contribution in [2.45, 2.75) is 12.8 Å². The summed E-state index contributed by atoms with van der Waals surface area (Å²) in [5, 5.41) is 9.02. The van der Waals surface area contributed by atoms with E-state index in [4.69, 9.17) is 9.84 Å². The van der Waals surface area contributed by atoms with E-state index in [1.54, 1.807) is 36.3 Å². The number of carbonyl (C=O) groups excluding carboxylic acids is 1. The summed E-state index contributed by atoms with van der Waals surface area (Å²) in [5.41, 5.74) is 0.562. The number of piperidine rings is 1. The van der Waals surface area contributed by atoms with Gasteiger partial charge in [0.25, 0.3) is 5.91 Å². The van der Waals surface area contributed by atoms with Crippen LogP contribution < -0.4 is 4.74 Å². The maximum atomic E-state index is 12.3. The van der Waals surface area contributed by atoms with Gasteiger partial charge in [0.15, 0.2) is 0 Å². The molecule has 0 bridgehead atoms. The highest BCUT2D eigenvalue weighted by atomic mass is 16.5. The Kier molecular flexibility index (Phi) is 4.04. The number of benzene rings is 1. The Labute approximate surface area is 111 Å². The van der Waals surface area contributed by atoms with Crippen molar-refractivity contribution in [2.75, 3.05) is 20.2 Å². The van der Waals surface area contributed by atoms with E-state index >= 15 is 0 Å². The van der Waals surface area contributed by atoms with Crippen LogP contribution in [0.15, 0.2) is 24.3 Å². The van der Waals surface area contributed by atoms with Crippen molar-refractivity contribution in [1.29, 1.82) is 0 Å². The average molecular weight is 263 g/mol. The quantitative estimate of drug-likeness (QED) is 0.900. The number of likely N-dealkylation sites (tertiary alicyclic amines) is 1. The predicted molar refractivity (Wildman–Crippen MR) is 69.3 cm³/mol. The molecule has 1 aliphatic rings. The van der Waals surface area contributed by atoms with E-state index in [2.05, 4.69) is 0 Å². The second-order valence-electron chi connectivity index (χ2n) is 4.66. The Balaban J connectivity index is 2.07. The van der Waals surface area contributed by atoms with Crippen LogP contribution in [0, 0.1) is 5.92 Å². The molecule has 0 unspecified atom stereocenters. The van der Waals surface area contributed by atoms with E-state index in [1.807, 2.05) is 0 Å².